The zero-order chi connectivity index (χ0) is 27.4. The van der Waals surface area contributed by atoms with Crippen molar-refractivity contribution in [3.8, 4) is 0 Å². The van der Waals surface area contributed by atoms with E-state index < -0.39 is 23.5 Å². The molecule has 1 rings (SSSR count). The third-order valence-electron chi connectivity index (χ3n) is 6.41. The highest BCUT2D eigenvalue weighted by molar-refractivity contribution is 5.80. The van der Waals surface area contributed by atoms with Crippen LogP contribution < -0.4 is 5.32 Å². The van der Waals surface area contributed by atoms with Crippen molar-refractivity contribution in [1.82, 2.24) is 10.2 Å². The Balaban J connectivity index is 2.45. The van der Waals surface area contributed by atoms with Crippen molar-refractivity contribution in [2.24, 2.45) is 5.92 Å². The van der Waals surface area contributed by atoms with Crippen molar-refractivity contribution in [3.05, 3.63) is 12.2 Å². The molecule has 1 aliphatic heterocycles. The minimum absolute atomic E-state index is 0.0185. The summed E-state index contributed by atoms with van der Waals surface area (Å²) in [5.74, 6) is -1.58. The fourth-order valence-corrected chi connectivity index (χ4v) is 4.03. The fourth-order valence-electron chi connectivity index (χ4n) is 4.03. The molecule has 0 aliphatic carbocycles. The van der Waals surface area contributed by atoms with Crippen LogP contribution in [0.3, 0.4) is 0 Å². The summed E-state index contributed by atoms with van der Waals surface area (Å²) in [5, 5.41) is 11.8. The summed E-state index contributed by atoms with van der Waals surface area (Å²) in [6, 6.07) is -0.159. The Morgan fingerprint density at radius 3 is 2.46 bits per heavy atom. The first kappa shape index (κ1) is 32.9. The zero-order valence-electron chi connectivity index (χ0n) is 23.3. The van der Waals surface area contributed by atoms with Gasteiger partial charge in [0.05, 0.1) is 31.1 Å². The summed E-state index contributed by atoms with van der Waals surface area (Å²) in [6.07, 6.45) is 14.5. The van der Waals surface area contributed by atoms with Crippen molar-refractivity contribution in [2.75, 3.05) is 46.1 Å². The number of aliphatic hydroxyl groups excluding tert-OH is 1. The summed E-state index contributed by atoms with van der Waals surface area (Å²) in [5.41, 5.74) is -0.505. The molecular weight excluding hydrogens is 476 g/mol. The number of nitrogens with one attached hydrogen (secondary N) is 1. The van der Waals surface area contributed by atoms with Crippen LogP contribution in [0.2, 0.25) is 0 Å². The average Bonchev–Trinajstić information content (AvgIpc) is 3.26. The molecule has 0 spiro atoms. The molecule has 1 aliphatic rings. The molecular formula is C28H50N2O7. The molecule has 1 saturated heterocycles. The average molecular weight is 527 g/mol. The monoisotopic (exact) mass is 526 g/mol. The lowest BCUT2D eigenvalue weighted by Gasteiger charge is -2.24. The van der Waals surface area contributed by atoms with Crippen LogP contribution in [0.15, 0.2) is 12.2 Å². The summed E-state index contributed by atoms with van der Waals surface area (Å²) in [6.45, 7) is 7.85. The number of ether oxygens (including phenoxy) is 3. The van der Waals surface area contributed by atoms with E-state index >= 15 is 0 Å². The summed E-state index contributed by atoms with van der Waals surface area (Å²) in [7, 11) is 0. The first-order valence-electron chi connectivity index (χ1n) is 14.0. The number of unbranched alkanes of at least 4 members (excludes halogenated alkanes) is 7. The summed E-state index contributed by atoms with van der Waals surface area (Å²) < 4.78 is 16.4. The Morgan fingerprint density at radius 2 is 1.78 bits per heavy atom. The molecule has 0 aromatic rings. The van der Waals surface area contributed by atoms with Gasteiger partial charge >= 0.3 is 18.0 Å². The molecule has 1 atom stereocenters. The predicted octanol–water partition coefficient (Wildman–Crippen LogP) is 4.37. The van der Waals surface area contributed by atoms with E-state index in [9.17, 15) is 14.4 Å². The third-order valence-corrected chi connectivity index (χ3v) is 6.41. The molecule has 1 unspecified atom stereocenters. The van der Waals surface area contributed by atoms with E-state index in [1.165, 1.54) is 38.5 Å². The van der Waals surface area contributed by atoms with Gasteiger partial charge in [0, 0.05) is 19.7 Å². The van der Waals surface area contributed by atoms with Gasteiger partial charge in [0.15, 0.2) is 0 Å². The lowest BCUT2D eigenvalue weighted by molar-refractivity contribution is -0.157. The van der Waals surface area contributed by atoms with Crippen LogP contribution in [-0.4, -0.2) is 79.6 Å². The maximum Gasteiger partial charge on any atom is 0.317 e. The van der Waals surface area contributed by atoms with Gasteiger partial charge in [-0.25, -0.2) is 4.79 Å². The van der Waals surface area contributed by atoms with Gasteiger partial charge in [-0.1, -0.05) is 57.6 Å². The zero-order valence-corrected chi connectivity index (χ0v) is 23.3. The van der Waals surface area contributed by atoms with Crippen LogP contribution in [-0.2, 0) is 23.8 Å². The number of amides is 2. The minimum atomic E-state index is -0.640. The highest BCUT2D eigenvalue weighted by Gasteiger charge is 2.25. The van der Waals surface area contributed by atoms with Crippen LogP contribution in [0.1, 0.15) is 91.4 Å². The molecule has 9 heteroatoms. The Labute approximate surface area is 223 Å². The molecule has 1 heterocycles. The second kappa shape index (κ2) is 19.9. The molecule has 0 bridgehead atoms. The van der Waals surface area contributed by atoms with Crippen molar-refractivity contribution in [2.45, 2.75) is 97.0 Å². The van der Waals surface area contributed by atoms with Crippen LogP contribution in [0.4, 0.5) is 4.79 Å². The molecule has 0 saturated carbocycles. The molecule has 0 aromatic carbocycles. The van der Waals surface area contributed by atoms with Crippen LogP contribution in [0, 0.1) is 5.92 Å². The van der Waals surface area contributed by atoms with Crippen LogP contribution in [0.25, 0.3) is 0 Å². The SMILES string of the molecule is CCCCCCCCC/C=C/CC(CC(=O)OCCN1CCNC1=O)C(=O)OCCOC(C)(C)CCO. The van der Waals surface area contributed by atoms with Crippen LogP contribution in [0.5, 0.6) is 0 Å². The maximum absolute atomic E-state index is 12.7. The normalized spacial score (nSPS) is 14.7. The molecule has 37 heavy (non-hydrogen) atoms. The Morgan fingerprint density at radius 1 is 1.05 bits per heavy atom. The quantitative estimate of drug-likeness (QED) is 0.122. The lowest BCUT2D eigenvalue weighted by Crippen LogP contribution is -2.32. The number of hydrogen-bond acceptors (Lipinski definition) is 7. The van der Waals surface area contributed by atoms with E-state index in [-0.39, 0.29) is 38.9 Å². The van der Waals surface area contributed by atoms with Crippen molar-refractivity contribution in [3.63, 3.8) is 0 Å². The van der Waals surface area contributed by atoms with Crippen molar-refractivity contribution >= 4 is 18.0 Å². The molecule has 0 aromatic heterocycles. The molecule has 214 valence electrons. The van der Waals surface area contributed by atoms with E-state index in [0.717, 1.165) is 12.8 Å². The second-order valence-electron chi connectivity index (χ2n) is 10.2. The van der Waals surface area contributed by atoms with Gasteiger partial charge in [-0.15, -0.1) is 0 Å². The number of aliphatic hydroxyl groups is 1. The number of urea groups is 1. The fraction of sp³-hybridized carbons (Fsp3) is 0.821. The highest BCUT2D eigenvalue weighted by Crippen LogP contribution is 2.16. The van der Waals surface area contributed by atoms with E-state index in [1.54, 1.807) is 4.90 Å². The van der Waals surface area contributed by atoms with Crippen molar-refractivity contribution in [1.29, 1.82) is 0 Å². The number of hydrogen-bond donors (Lipinski definition) is 2. The summed E-state index contributed by atoms with van der Waals surface area (Å²) >= 11 is 0. The number of carbonyl (C=O) groups excluding carboxylic acids is 3. The summed E-state index contributed by atoms with van der Waals surface area (Å²) in [4.78, 5) is 38.3. The molecule has 2 amide bonds. The standard InChI is InChI=1S/C28H50N2O7/c1-4-5-6-7-8-9-10-11-12-13-14-24(26(33)36-21-22-37-28(2,3)15-19-31)23-25(32)35-20-18-30-17-16-29-27(30)34/h12-13,24,31H,4-11,14-23H2,1-3H3,(H,29,34)/b13-12+. The highest BCUT2D eigenvalue weighted by atomic mass is 16.6. The third kappa shape index (κ3) is 16.4. The van der Waals surface area contributed by atoms with Gasteiger partial charge < -0.3 is 29.5 Å². The van der Waals surface area contributed by atoms with Crippen molar-refractivity contribution < 1.29 is 33.7 Å². The van der Waals surface area contributed by atoms with E-state index in [0.29, 0.717) is 32.5 Å². The van der Waals surface area contributed by atoms with E-state index in [4.69, 9.17) is 19.3 Å². The van der Waals surface area contributed by atoms with Gasteiger partial charge in [0.1, 0.15) is 13.2 Å². The van der Waals surface area contributed by atoms with Gasteiger partial charge in [-0.05, 0) is 39.5 Å². The maximum atomic E-state index is 12.7. The number of nitrogens with zero attached hydrogens (tertiary/aromatic N) is 1. The number of esters is 2. The molecule has 0 radical (unpaired) electrons. The Bertz CT molecular complexity index is 681. The topological polar surface area (TPSA) is 114 Å². The predicted molar refractivity (Wildman–Crippen MR) is 143 cm³/mol. The smallest absolute Gasteiger partial charge is 0.317 e. The number of carbonyl (C=O) groups is 3. The van der Waals surface area contributed by atoms with Crippen LogP contribution >= 0.6 is 0 Å². The first-order valence-corrected chi connectivity index (χ1v) is 14.0. The first-order chi connectivity index (χ1) is 17.8. The van der Waals surface area contributed by atoms with Gasteiger partial charge in [-0.3, -0.25) is 9.59 Å². The van der Waals surface area contributed by atoms with E-state index in [2.05, 4.69) is 18.3 Å². The molecule has 9 nitrogen and oxygen atoms in total. The minimum Gasteiger partial charge on any atom is -0.464 e. The molecule has 2 N–H and O–H groups in total. The van der Waals surface area contributed by atoms with E-state index in [1.807, 2.05) is 19.9 Å². The number of allylic oxidation sites excluding steroid dienone is 2. The molecule has 1 fully saturated rings. The van der Waals surface area contributed by atoms with Gasteiger partial charge in [0.25, 0.3) is 0 Å². The number of rotatable bonds is 22. The van der Waals surface area contributed by atoms with Gasteiger partial charge in [-0.2, -0.15) is 0 Å². The lowest BCUT2D eigenvalue weighted by atomic mass is 10.0. The Kier molecular flexibility index (Phi) is 17.7. The Hall–Kier alpha value is -2.13. The largest absolute Gasteiger partial charge is 0.464 e. The van der Waals surface area contributed by atoms with Gasteiger partial charge in [0.2, 0.25) is 0 Å². The second-order valence-corrected chi connectivity index (χ2v) is 10.2.